The first-order valence-corrected chi connectivity index (χ1v) is 8.99. The summed E-state index contributed by atoms with van der Waals surface area (Å²) in [5.74, 6) is 0.401. The van der Waals surface area contributed by atoms with Crippen molar-refractivity contribution in [2.45, 2.75) is 6.61 Å². The molecule has 0 amide bonds. The van der Waals surface area contributed by atoms with Crippen LogP contribution in [0.2, 0.25) is 0 Å². The van der Waals surface area contributed by atoms with Crippen molar-refractivity contribution in [3.63, 3.8) is 0 Å². The molecule has 0 atom stereocenters. The van der Waals surface area contributed by atoms with Gasteiger partial charge in [-0.25, -0.2) is 9.78 Å². The summed E-state index contributed by atoms with van der Waals surface area (Å²) >= 11 is 0. The van der Waals surface area contributed by atoms with Gasteiger partial charge in [-0.05, 0) is 19.7 Å². The van der Waals surface area contributed by atoms with Crippen molar-refractivity contribution in [2.24, 2.45) is 0 Å². The van der Waals surface area contributed by atoms with Crippen LogP contribution in [-0.4, -0.2) is 67.2 Å². The second-order valence-electron chi connectivity index (χ2n) is 6.73. The van der Waals surface area contributed by atoms with Gasteiger partial charge in [0.2, 0.25) is 5.88 Å². The summed E-state index contributed by atoms with van der Waals surface area (Å²) in [4.78, 5) is 28.5. The van der Waals surface area contributed by atoms with E-state index in [1.165, 1.54) is 13.4 Å². The van der Waals surface area contributed by atoms with E-state index < -0.39 is 5.97 Å². The maximum Gasteiger partial charge on any atom is 0.343 e. The fraction of sp³-hybridized carbons (Fsp3) is 0.350. The number of ether oxygens (including phenoxy) is 2. The van der Waals surface area contributed by atoms with Crippen LogP contribution in [0.5, 0.6) is 5.88 Å². The first-order valence-electron chi connectivity index (χ1n) is 8.99. The summed E-state index contributed by atoms with van der Waals surface area (Å²) in [6.07, 6.45) is 1.53. The highest BCUT2D eigenvalue weighted by Crippen LogP contribution is 2.31. The van der Waals surface area contributed by atoms with Crippen LogP contribution in [0.4, 0.5) is 5.82 Å². The highest BCUT2D eigenvalue weighted by molar-refractivity contribution is 6.07. The molecule has 3 aromatic rings. The highest BCUT2D eigenvalue weighted by atomic mass is 16.5. The van der Waals surface area contributed by atoms with E-state index in [1.54, 1.807) is 0 Å². The van der Waals surface area contributed by atoms with Gasteiger partial charge in [-0.15, -0.1) is 0 Å². The van der Waals surface area contributed by atoms with E-state index >= 15 is 0 Å². The number of carbonyl (C=O) groups excluding carboxylic acids is 1. The third-order valence-electron chi connectivity index (χ3n) is 4.37. The van der Waals surface area contributed by atoms with Crippen molar-refractivity contribution in [3.05, 3.63) is 47.8 Å². The number of pyridine rings is 1. The Morgan fingerprint density at radius 2 is 1.89 bits per heavy atom. The fourth-order valence-electron chi connectivity index (χ4n) is 2.81. The Hall–Kier alpha value is -3.13. The predicted octanol–water partition coefficient (Wildman–Crippen LogP) is 2.32. The number of nitrogens with one attached hydrogen (secondary N) is 1. The average Bonchev–Trinajstić information content (AvgIpc) is 3.19. The van der Waals surface area contributed by atoms with Crippen LogP contribution < -0.4 is 9.64 Å². The molecule has 1 aromatic carbocycles. The van der Waals surface area contributed by atoms with Crippen LogP contribution in [0, 0.1) is 0 Å². The fourth-order valence-corrected chi connectivity index (χ4v) is 2.81. The molecule has 0 bridgehead atoms. The number of hydrogen-bond donors (Lipinski definition) is 1. The molecule has 0 saturated carbocycles. The van der Waals surface area contributed by atoms with Crippen LogP contribution in [0.3, 0.4) is 0 Å². The summed E-state index contributed by atoms with van der Waals surface area (Å²) in [5.41, 5.74) is 2.40. The van der Waals surface area contributed by atoms with Gasteiger partial charge in [-0.2, -0.15) is 4.98 Å². The first kappa shape index (κ1) is 19.6. The smallest absolute Gasteiger partial charge is 0.343 e. The number of carbonyl (C=O) groups is 1. The number of aromatic amines is 1. The van der Waals surface area contributed by atoms with Crippen LogP contribution in [0.25, 0.3) is 11.0 Å². The molecule has 8 nitrogen and oxygen atoms in total. The lowest BCUT2D eigenvalue weighted by Crippen LogP contribution is -2.30. The van der Waals surface area contributed by atoms with Gasteiger partial charge in [0.25, 0.3) is 0 Å². The van der Waals surface area contributed by atoms with Crippen molar-refractivity contribution in [2.75, 3.05) is 46.2 Å². The summed E-state index contributed by atoms with van der Waals surface area (Å²) in [7, 11) is 7.23. The maximum atomic E-state index is 12.5. The van der Waals surface area contributed by atoms with Gasteiger partial charge in [0.1, 0.15) is 29.0 Å². The van der Waals surface area contributed by atoms with Crippen molar-refractivity contribution in [1.82, 2.24) is 19.9 Å². The molecule has 0 fully saturated rings. The lowest BCUT2D eigenvalue weighted by molar-refractivity contribution is 0.0603. The minimum Gasteiger partial charge on any atom is -0.471 e. The predicted molar refractivity (Wildman–Crippen MR) is 108 cm³/mol. The van der Waals surface area contributed by atoms with Crippen LogP contribution in [-0.2, 0) is 11.3 Å². The van der Waals surface area contributed by atoms with Crippen molar-refractivity contribution in [1.29, 1.82) is 0 Å². The molecular weight excluding hydrogens is 358 g/mol. The second kappa shape index (κ2) is 8.71. The van der Waals surface area contributed by atoms with E-state index in [4.69, 9.17) is 9.47 Å². The molecule has 0 unspecified atom stereocenters. The minimum absolute atomic E-state index is 0.326. The number of imidazole rings is 1. The Labute approximate surface area is 164 Å². The van der Waals surface area contributed by atoms with Gasteiger partial charge in [0.05, 0.1) is 13.4 Å². The number of methoxy groups -OCH3 is 1. The van der Waals surface area contributed by atoms with Crippen molar-refractivity contribution in [3.8, 4) is 5.88 Å². The van der Waals surface area contributed by atoms with Gasteiger partial charge >= 0.3 is 5.97 Å². The maximum absolute atomic E-state index is 12.5. The van der Waals surface area contributed by atoms with E-state index in [0.29, 0.717) is 41.4 Å². The number of aromatic nitrogens is 3. The average molecular weight is 383 g/mol. The molecular formula is C20H25N5O3. The first-order chi connectivity index (χ1) is 13.5. The van der Waals surface area contributed by atoms with Crippen molar-refractivity contribution < 1.29 is 14.3 Å². The monoisotopic (exact) mass is 383 g/mol. The standard InChI is InChI=1S/C20H25N5O3/c1-24(2)10-11-25(3)18-15(20(26)27-4)16-17(22-13-21-16)19(23-18)28-12-14-8-6-5-7-9-14/h5-9,13H,10-12H2,1-4H3,(H,21,22). The summed E-state index contributed by atoms with van der Waals surface area (Å²) in [6, 6.07) is 9.84. The molecule has 8 heteroatoms. The molecule has 0 spiro atoms. The van der Waals surface area contributed by atoms with Gasteiger partial charge in [0.15, 0.2) is 0 Å². The third kappa shape index (κ3) is 4.23. The van der Waals surface area contributed by atoms with Crippen molar-refractivity contribution >= 4 is 22.8 Å². The van der Waals surface area contributed by atoms with Gasteiger partial charge in [-0.3, -0.25) is 0 Å². The summed E-state index contributed by atoms with van der Waals surface area (Å²) in [6.45, 7) is 1.84. The molecule has 2 aromatic heterocycles. The normalized spacial score (nSPS) is 11.0. The third-order valence-corrected chi connectivity index (χ3v) is 4.37. The zero-order valence-electron chi connectivity index (χ0n) is 16.6. The van der Waals surface area contributed by atoms with Crippen LogP contribution in [0.1, 0.15) is 15.9 Å². The number of nitrogens with zero attached hydrogens (tertiary/aromatic N) is 4. The minimum atomic E-state index is -0.481. The molecule has 148 valence electrons. The van der Waals surface area contributed by atoms with E-state index in [-0.39, 0.29) is 0 Å². The van der Waals surface area contributed by atoms with E-state index in [1.807, 2.05) is 56.4 Å². The molecule has 1 N–H and O–H groups in total. The Kier molecular flexibility index (Phi) is 6.10. The van der Waals surface area contributed by atoms with Crippen LogP contribution in [0.15, 0.2) is 36.7 Å². The molecule has 0 saturated heterocycles. The number of hydrogen-bond acceptors (Lipinski definition) is 7. The van der Waals surface area contributed by atoms with Gasteiger partial charge in [0, 0.05) is 20.1 Å². The number of anilines is 1. The molecule has 0 aliphatic carbocycles. The topological polar surface area (TPSA) is 83.6 Å². The largest absolute Gasteiger partial charge is 0.471 e. The number of likely N-dealkylation sites (N-methyl/N-ethyl adjacent to an activating group) is 2. The number of rotatable bonds is 8. The van der Waals surface area contributed by atoms with E-state index in [2.05, 4.69) is 19.9 Å². The van der Waals surface area contributed by atoms with Gasteiger partial charge < -0.3 is 24.3 Å². The summed E-state index contributed by atoms with van der Waals surface area (Å²) in [5, 5.41) is 0. The lowest BCUT2D eigenvalue weighted by atomic mass is 10.2. The lowest BCUT2D eigenvalue weighted by Gasteiger charge is -2.23. The molecule has 2 heterocycles. The quantitative estimate of drug-likeness (QED) is 0.598. The molecule has 28 heavy (non-hydrogen) atoms. The van der Waals surface area contributed by atoms with E-state index in [0.717, 1.165) is 12.1 Å². The number of esters is 1. The number of benzene rings is 1. The SMILES string of the molecule is COC(=O)c1c(N(C)CCN(C)C)nc(OCc2ccccc2)c2[nH]cnc12. The Bertz CT molecular complexity index is 940. The molecule has 0 aliphatic rings. The Balaban J connectivity index is 2.01. The highest BCUT2D eigenvalue weighted by Gasteiger charge is 2.25. The number of H-pyrrole nitrogens is 1. The van der Waals surface area contributed by atoms with Crippen LogP contribution >= 0.6 is 0 Å². The number of fused-ring (bicyclic) bond motifs is 1. The zero-order valence-corrected chi connectivity index (χ0v) is 16.6. The molecule has 0 aliphatic heterocycles. The Morgan fingerprint density at radius 1 is 1.14 bits per heavy atom. The van der Waals surface area contributed by atoms with E-state index in [9.17, 15) is 4.79 Å². The molecule has 3 rings (SSSR count). The molecule has 0 radical (unpaired) electrons. The second-order valence-corrected chi connectivity index (χ2v) is 6.73. The zero-order chi connectivity index (χ0) is 20.1. The van der Waals surface area contributed by atoms with Gasteiger partial charge in [-0.1, -0.05) is 30.3 Å². The summed E-state index contributed by atoms with van der Waals surface area (Å²) < 4.78 is 11.0. The Morgan fingerprint density at radius 3 is 2.57 bits per heavy atom.